The molecule has 0 atom stereocenters. The van der Waals surface area contributed by atoms with Crippen molar-refractivity contribution in [3.63, 3.8) is 0 Å². The fraction of sp³-hybridized carbons (Fsp3) is 0.300. The Kier molecular flexibility index (Phi) is 4.25. The van der Waals surface area contributed by atoms with Crippen molar-refractivity contribution >= 4 is 22.4 Å². The van der Waals surface area contributed by atoms with E-state index in [4.69, 9.17) is 4.42 Å². The Labute approximate surface area is 146 Å². The van der Waals surface area contributed by atoms with Crippen LogP contribution in [0, 0.1) is 6.92 Å². The summed E-state index contributed by atoms with van der Waals surface area (Å²) in [5.74, 6) is 1.21. The standard InChI is InChI=1S/C20H22N2O3/c1-12-17(25-19(21-12)20(2,3)4)11-18(24)22-15-9-5-8-14-13(15)7-6-10-16(14)23/h5-10,23H,11H2,1-4H3,(H,22,24). The van der Waals surface area contributed by atoms with Gasteiger partial charge in [0.25, 0.3) is 0 Å². The number of aromatic hydroxyl groups is 1. The van der Waals surface area contributed by atoms with Crippen LogP contribution in [0.15, 0.2) is 40.8 Å². The van der Waals surface area contributed by atoms with Gasteiger partial charge in [-0.1, -0.05) is 45.0 Å². The normalized spacial score (nSPS) is 11.7. The summed E-state index contributed by atoms with van der Waals surface area (Å²) in [4.78, 5) is 16.9. The molecule has 0 aliphatic rings. The number of phenols is 1. The van der Waals surface area contributed by atoms with Gasteiger partial charge in [-0.15, -0.1) is 0 Å². The number of anilines is 1. The molecule has 2 aromatic carbocycles. The van der Waals surface area contributed by atoms with E-state index in [1.807, 2.05) is 45.9 Å². The van der Waals surface area contributed by atoms with Crippen LogP contribution in [-0.4, -0.2) is 16.0 Å². The van der Waals surface area contributed by atoms with Crippen LogP contribution in [0.25, 0.3) is 10.8 Å². The summed E-state index contributed by atoms with van der Waals surface area (Å²) in [7, 11) is 0. The smallest absolute Gasteiger partial charge is 0.232 e. The van der Waals surface area contributed by atoms with Crippen LogP contribution < -0.4 is 5.32 Å². The maximum absolute atomic E-state index is 12.5. The van der Waals surface area contributed by atoms with Gasteiger partial charge in [0.05, 0.1) is 12.1 Å². The van der Waals surface area contributed by atoms with Crippen LogP contribution in [0.5, 0.6) is 5.75 Å². The van der Waals surface area contributed by atoms with E-state index in [1.165, 1.54) is 0 Å². The third kappa shape index (κ3) is 3.50. The van der Waals surface area contributed by atoms with Crippen molar-refractivity contribution in [1.82, 2.24) is 4.98 Å². The first-order chi connectivity index (χ1) is 11.8. The maximum atomic E-state index is 12.5. The van der Waals surface area contributed by atoms with E-state index >= 15 is 0 Å². The fourth-order valence-corrected chi connectivity index (χ4v) is 2.66. The molecule has 1 amide bonds. The molecule has 25 heavy (non-hydrogen) atoms. The third-order valence-electron chi connectivity index (χ3n) is 4.03. The Balaban J connectivity index is 1.82. The molecule has 1 heterocycles. The summed E-state index contributed by atoms with van der Waals surface area (Å²) in [5, 5.41) is 14.3. The quantitative estimate of drug-likeness (QED) is 0.746. The highest BCUT2D eigenvalue weighted by Crippen LogP contribution is 2.30. The Morgan fingerprint density at radius 1 is 1.16 bits per heavy atom. The van der Waals surface area contributed by atoms with Crippen molar-refractivity contribution in [2.75, 3.05) is 5.32 Å². The van der Waals surface area contributed by atoms with E-state index in [1.54, 1.807) is 18.2 Å². The largest absolute Gasteiger partial charge is 0.507 e. The third-order valence-corrected chi connectivity index (χ3v) is 4.03. The number of carbonyl (C=O) groups is 1. The fourth-order valence-electron chi connectivity index (χ4n) is 2.66. The molecule has 3 aromatic rings. The van der Waals surface area contributed by atoms with Crippen LogP contribution in [0.1, 0.15) is 38.1 Å². The maximum Gasteiger partial charge on any atom is 0.232 e. The van der Waals surface area contributed by atoms with E-state index in [0.717, 1.165) is 11.1 Å². The van der Waals surface area contributed by atoms with Crippen LogP contribution in [0.3, 0.4) is 0 Å². The lowest BCUT2D eigenvalue weighted by atomic mass is 9.97. The number of aromatic nitrogens is 1. The zero-order chi connectivity index (χ0) is 18.2. The number of fused-ring (bicyclic) bond motifs is 1. The zero-order valence-corrected chi connectivity index (χ0v) is 14.9. The van der Waals surface area contributed by atoms with Gasteiger partial charge in [-0.3, -0.25) is 4.79 Å². The van der Waals surface area contributed by atoms with Gasteiger partial charge < -0.3 is 14.8 Å². The van der Waals surface area contributed by atoms with Crippen LogP contribution >= 0.6 is 0 Å². The molecule has 2 N–H and O–H groups in total. The van der Waals surface area contributed by atoms with E-state index in [0.29, 0.717) is 22.7 Å². The van der Waals surface area contributed by atoms with Crippen molar-refractivity contribution in [2.45, 2.75) is 39.5 Å². The number of rotatable bonds is 3. The number of benzene rings is 2. The van der Waals surface area contributed by atoms with E-state index < -0.39 is 0 Å². The molecule has 0 bridgehead atoms. The van der Waals surface area contributed by atoms with Crippen molar-refractivity contribution in [3.05, 3.63) is 53.7 Å². The molecule has 5 heteroatoms. The summed E-state index contributed by atoms with van der Waals surface area (Å²) in [6.45, 7) is 7.90. The highest BCUT2D eigenvalue weighted by atomic mass is 16.4. The van der Waals surface area contributed by atoms with E-state index in [-0.39, 0.29) is 23.5 Å². The van der Waals surface area contributed by atoms with Crippen molar-refractivity contribution in [2.24, 2.45) is 0 Å². The first-order valence-corrected chi connectivity index (χ1v) is 8.23. The summed E-state index contributed by atoms with van der Waals surface area (Å²) in [6, 6.07) is 10.7. The molecular weight excluding hydrogens is 316 g/mol. The van der Waals surface area contributed by atoms with Gasteiger partial charge in [-0.25, -0.2) is 4.98 Å². The van der Waals surface area contributed by atoms with Gasteiger partial charge in [-0.05, 0) is 19.1 Å². The Morgan fingerprint density at radius 3 is 2.52 bits per heavy atom. The molecule has 0 aliphatic heterocycles. The second-order valence-electron chi connectivity index (χ2n) is 7.18. The Morgan fingerprint density at radius 2 is 1.84 bits per heavy atom. The highest BCUT2D eigenvalue weighted by Gasteiger charge is 2.23. The first kappa shape index (κ1) is 17.0. The molecule has 0 saturated heterocycles. The molecule has 0 fully saturated rings. The van der Waals surface area contributed by atoms with Gasteiger partial charge >= 0.3 is 0 Å². The second-order valence-corrected chi connectivity index (χ2v) is 7.18. The van der Waals surface area contributed by atoms with Crippen LogP contribution in [0.2, 0.25) is 0 Å². The number of carbonyl (C=O) groups excluding carboxylic acids is 1. The number of oxazole rings is 1. The SMILES string of the molecule is Cc1nc(C(C)(C)C)oc1CC(=O)Nc1cccc2c(O)cccc12. The number of aryl methyl sites for hydroxylation is 1. The van der Waals surface area contributed by atoms with Crippen molar-refractivity contribution in [1.29, 1.82) is 0 Å². The van der Waals surface area contributed by atoms with E-state index in [9.17, 15) is 9.90 Å². The average Bonchev–Trinajstić information content (AvgIpc) is 2.89. The molecule has 1 aromatic heterocycles. The minimum absolute atomic E-state index is 0.115. The zero-order valence-electron chi connectivity index (χ0n) is 14.9. The Hall–Kier alpha value is -2.82. The number of hydrogen-bond donors (Lipinski definition) is 2. The summed E-state index contributed by atoms with van der Waals surface area (Å²) >= 11 is 0. The number of phenolic OH excluding ortho intramolecular Hbond substituents is 1. The van der Waals surface area contributed by atoms with Gasteiger partial charge in [0.15, 0.2) is 5.89 Å². The van der Waals surface area contributed by atoms with Crippen LogP contribution in [0.4, 0.5) is 5.69 Å². The number of nitrogens with zero attached hydrogens (tertiary/aromatic N) is 1. The lowest BCUT2D eigenvalue weighted by Gasteiger charge is -2.12. The summed E-state index contributed by atoms with van der Waals surface area (Å²) < 4.78 is 5.78. The molecule has 3 rings (SSSR count). The lowest BCUT2D eigenvalue weighted by molar-refractivity contribution is -0.115. The number of amides is 1. The molecular formula is C20H22N2O3. The summed E-state index contributed by atoms with van der Waals surface area (Å²) in [6.07, 6.45) is 0.115. The monoisotopic (exact) mass is 338 g/mol. The van der Waals surface area contributed by atoms with Gasteiger partial charge in [0.1, 0.15) is 11.5 Å². The van der Waals surface area contributed by atoms with E-state index in [2.05, 4.69) is 10.3 Å². The minimum atomic E-state index is -0.202. The predicted octanol–water partition coefficient (Wildman–Crippen LogP) is 4.32. The van der Waals surface area contributed by atoms with Gasteiger partial charge in [0, 0.05) is 21.9 Å². The van der Waals surface area contributed by atoms with Crippen LogP contribution in [-0.2, 0) is 16.6 Å². The molecule has 0 radical (unpaired) electrons. The molecule has 0 aliphatic carbocycles. The molecule has 0 unspecified atom stereocenters. The van der Waals surface area contributed by atoms with Gasteiger partial charge in [-0.2, -0.15) is 0 Å². The molecule has 5 nitrogen and oxygen atoms in total. The predicted molar refractivity (Wildman–Crippen MR) is 97.9 cm³/mol. The minimum Gasteiger partial charge on any atom is -0.507 e. The Bertz CT molecular complexity index is 936. The molecule has 0 saturated carbocycles. The number of nitrogens with one attached hydrogen (secondary N) is 1. The topological polar surface area (TPSA) is 75.4 Å². The van der Waals surface area contributed by atoms with Gasteiger partial charge in [0.2, 0.25) is 5.91 Å². The average molecular weight is 338 g/mol. The number of hydrogen-bond acceptors (Lipinski definition) is 4. The lowest BCUT2D eigenvalue weighted by Crippen LogP contribution is -2.15. The molecule has 0 spiro atoms. The van der Waals surface area contributed by atoms with Crippen molar-refractivity contribution in [3.8, 4) is 5.75 Å². The second kappa shape index (κ2) is 6.24. The van der Waals surface area contributed by atoms with Crippen molar-refractivity contribution < 1.29 is 14.3 Å². The first-order valence-electron chi connectivity index (χ1n) is 8.23. The summed E-state index contributed by atoms with van der Waals surface area (Å²) in [5.41, 5.74) is 1.19. The molecule has 130 valence electrons. The highest BCUT2D eigenvalue weighted by molar-refractivity contribution is 6.04.